The van der Waals surface area contributed by atoms with Gasteiger partial charge in [0.05, 0.1) is 34.2 Å². The first kappa shape index (κ1) is 49.9. The lowest BCUT2D eigenvalue weighted by Gasteiger charge is -2.21. The van der Waals surface area contributed by atoms with Crippen LogP contribution >= 0.6 is 0 Å². The molecule has 6 rings (SSSR count). The van der Waals surface area contributed by atoms with Gasteiger partial charge in [0.2, 0.25) is 5.95 Å². The van der Waals surface area contributed by atoms with Crippen LogP contribution in [0, 0.1) is 10.8 Å². The van der Waals surface area contributed by atoms with Crippen LogP contribution in [0.1, 0.15) is 126 Å². The van der Waals surface area contributed by atoms with Gasteiger partial charge in [0, 0.05) is 32.9 Å². The zero-order valence-electron chi connectivity index (χ0n) is 40.7. The molecule has 0 aliphatic rings. The number of aromatic nitrogens is 7. The largest absolute Gasteiger partial charge is 0.383 e. The summed E-state index contributed by atoms with van der Waals surface area (Å²) in [7, 11) is 0. The number of ketones is 3. The van der Waals surface area contributed by atoms with Crippen molar-refractivity contribution in [1.82, 2.24) is 34.5 Å². The number of nitrogens with two attached hydrogens (primary N) is 3. The maximum absolute atomic E-state index is 11.9. The van der Waals surface area contributed by atoms with Gasteiger partial charge in [-0.15, -0.1) is 15.3 Å². The first-order chi connectivity index (χ1) is 32.2. The average molecular weight is 933 g/mol. The normalized spacial score (nSPS) is 12.8. The molecule has 0 aliphatic carbocycles. The first-order valence-electron chi connectivity index (χ1n) is 21.7. The van der Waals surface area contributed by atoms with Gasteiger partial charge in [-0.2, -0.15) is 49.9 Å². The summed E-state index contributed by atoms with van der Waals surface area (Å²) >= 11 is 0. The molecule has 0 aliphatic heterocycles. The Labute approximate surface area is 399 Å². The summed E-state index contributed by atoms with van der Waals surface area (Å²) in [5.74, 6) is -0.786. The molecule has 0 amide bonds. The minimum Gasteiger partial charge on any atom is -0.383 e. The van der Waals surface area contributed by atoms with E-state index in [0.717, 1.165) is 0 Å². The average Bonchev–Trinajstić information content (AvgIpc) is 3.80. The smallest absolute Gasteiger partial charge is 0.259 e. The fourth-order valence-electron chi connectivity index (χ4n) is 6.34. The predicted molar refractivity (Wildman–Crippen MR) is 265 cm³/mol. The zero-order valence-corrected chi connectivity index (χ0v) is 40.7. The number of nitrogen functional groups attached to an aromatic ring is 2. The SMILES string of the molecule is CC(=O)c1ccc(N=N/C(C(=N)C(C)(C)C)=C(\N)Nc2nc(-n3nc(C(C)(C)C)c(N=Nc4ccc(C(C)=O)cc4)c3N)nc(-n3nc(C(C)(C)C)c(N=Nc4ccc(C(C)=O)cc4)c3N)n2)cc1. The van der Waals surface area contributed by atoms with E-state index < -0.39 is 16.2 Å². The molecule has 356 valence electrons. The Morgan fingerprint density at radius 3 is 1.22 bits per heavy atom. The summed E-state index contributed by atoms with van der Waals surface area (Å²) in [4.78, 5) is 49.9. The third kappa shape index (κ3) is 11.6. The van der Waals surface area contributed by atoms with Crippen LogP contribution in [-0.4, -0.2) is 57.6 Å². The van der Waals surface area contributed by atoms with Crippen molar-refractivity contribution >= 4 is 69.1 Å². The number of Topliss-reactive ketones (excluding diaryl/α,β-unsaturated/α-hetero) is 3. The number of benzene rings is 3. The summed E-state index contributed by atoms with van der Waals surface area (Å²) in [5, 5.41) is 48.5. The number of anilines is 3. The number of nitrogens with one attached hydrogen (secondary N) is 2. The minimum absolute atomic E-state index is 0.0181. The molecule has 69 heavy (non-hydrogen) atoms. The number of carbonyl (C=O) groups is 3. The summed E-state index contributed by atoms with van der Waals surface area (Å²) in [5.41, 5.74) is 22.8. The molecule has 0 spiro atoms. The molecule has 3 heterocycles. The second-order valence-corrected chi connectivity index (χ2v) is 19.2. The standard InChI is InChI=1S/C48H56N18O3/c1-25(67)28-13-19-31(20-14-28)57-60-34(37(49)46(4,5)6)40(50)53-43-54-44(65-41(51)35(38(63-65)47(7,8)9)61-58-32-21-15-29(16-22-32)26(2)68)56-45(55-43)66-42(52)36(39(64-66)48(10,11)12)62-59-33-23-17-30(18-24-33)27(3)69/h13-24,49H,50-52H2,1-12H3,(H,53,54,55,56)/b40-34+,49-37?,60-57?,61-58?,62-59?. The lowest BCUT2D eigenvalue weighted by Crippen LogP contribution is -2.26. The van der Waals surface area contributed by atoms with Gasteiger partial charge in [0.25, 0.3) is 11.9 Å². The highest BCUT2D eigenvalue weighted by Gasteiger charge is 2.31. The van der Waals surface area contributed by atoms with E-state index in [4.69, 9.17) is 47.8 Å². The second kappa shape index (κ2) is 19.4. The number of nitrogens with zero attached hydrogens (tertiary/aromatic N) is 13. The number of carbonyl (C=O) groups excluding carboxylic acids is 3. The van der Waals surface area contributed by atoms with Crippen LogP contribution in [-0.2, 0) is 10.8 Å². The van der Waals surface area contributed by atoms with E-state index in [-0.39, 0.29) is 75.4 Å². The number of rotatable bonds is 14. The second-order valence-electron chi connectivity index (χ2n) is 19.2. The Morgan fingerprint density at radius 2 is 0.899 bits per heavy atom. The summed E-state index contributed by atoms with van der Waals surface area (Å²) in [6.07, 6.45) is 0. The zero-order chi connectivity index (χ0) is 50.7. The molecule has 0 fully saturated rings. The number of azo groups is 3. The highest BCUT2D eigenvalue weighted by Crippen LogP contribution is 2.40. The number of allylic oxidation sites excluding steroid dienone is 1. The van der Waals surface area contributed by atoms with Crippen LogP contribution in [0.25, 0.3) is 11.9 Å². The van der Waals surface area contributed by atoms with E-state index >= 15 is 0 Å². The van der Waals surface area contributed by atoms with Crippen LogP contribution in [0.3, 0.4) is 0 Å². The Hall–Kier alpha value is -8.49. The first-order valence-corrected chi connectivity index (χ1v) is 21.7. The molecule has 3 aromatic heterocycles. The van der Waals surface area contributed by atoms with E-state index in [1.807, 2.05) is 62.3 Å². The van der Waals surface area contributed by atoms with Crippen molar-refractivity contribution in [1.29, 1.82) is 5.41 Å². The molecule has 21 heteroatoms. The van der Waals surface area contributed by atoms with Crippen LogP contribution in [0.15, 0.2) is 115 Å². The van der Waals surface area contributed by atoms with Gasteiger partial charge in [0.1, 0.15) is 11.5 Å². The van der Waals surface area contributed by atoms with Crippen molar-refractivity contribution in [2.24, 2.45) is 41.8 Å². The van der Waals surface area contributed by atoms with E-state index in [0.29, 0.717) is 45.1 Å². The van der Waals surface area contributed by atoms with Gasteiger partial charge < -0.3 is 27.9 Å². The van der Waals surface area contributed by atoms with Gasteiger partial charge in [0.15, 0.2) is 40.4 Å². The van der Waals surface area contributed by atoms with Crippen LogP contribution < -0.4 is 22.5 Å². The van der Waals surface area contributed by atoms with Crippen molar-refractivity contribution in [3.05, 3.63) is 112 Å². The highest BCUT2D eigenvalue weighted by molar-refractivity contribution is 6.02. The van der Waals surface area contributed by atoms with Gasteiger partial charge in [-0.25, -0.2) is 0 Å². The number of hydrogen-bond acceptors (Lipinski definition) is 19. The topological polar surface area (TPSA) is 314 Å². The van der Waals surface area contributed by atoms with E-state index in [2.05, 4.69) is 36.0 Å². The van der Waals surface area contributed by atoms with Crippen LogP contribution in [0.4, 0.5) is 46.0 Å². The van der Waals surface area contributed by atoms with Crippen molar-refractivity contribution in [2.75, 3.05) is 16.8 Å². The van der Waals surface area contributed by atoms with Crippen molar-refractivity contribution in [3.8, 4) is 11.9 Å². The fourth-order valence-corrected chi connectivity index (χ4v) is 6.34. The maximum Gasteiger partial charge on any atom is 0.259 e. The summed E-state index contributed by atoms with van der Waals surface area (Å²) in [6.45, 7) is 21.5. The van der Waals surface area contributed by atoms with E-state index in [1.54, 1.807) is 72.8 Å². The Bertz CT molecular complexity index is 2930. The monoisotopic (exact) mass is 932 g/mol. The molecule has 0 bridgehead atoms. The Kier molecular flexibility index (Phi) is 14.0. The molecule has 8 N–H and O–H groups in total. The molecule has 0 unspecified atom stereocenters. The fraction of sp³-hybridized carbons (Fsp3) is 0.312. The van der Waals surface area contributed by atoms with Crippen LogP contribution in [0.5, 0.6) is 0 Å². The Morgan fingerprint density at radius 1 is 0.551 bits per heavy atom. The molecule has 0 atom stereocenters. The molecule has 21 nitrogen and oxygen atoms in total. The lowest BCUT2D eigenvalue weighted by molar-refractivity contribution is 0.100. The van der Waals surface area contributed by atoms with Crippen molar-refractivity contribution in [3.63, 3.8) is 0 Å². The van der Waals surface area contributed by atoms with Crippen molar-refractivity contribution < 1.29 is 14.4 Å². The van der Waals surface area contributed by atoms with E-state index in [1.165, 1.54) is 30.1 Å². The molecule has 0 saturated heterocycles. The third-order valence-electron chi connectivity index (χ3n) is 10.3. The predicted octanol–water partition coefficient (Wildman–Crippen LogP) is 10.8. The highest BCUT2D eigenvalue weighted by atomic mass is 16.1. The molecule has 6 aromatic rings. The van der Waals surface area contributed by atoms with Gasteiger partial charge in [-0.1, -0.05) is 62.3 Å². The Balaban J connectivity index is 1.56. The van der Waals surface area contributed by atoms with Gasteiger partial charge in [-0.3, -0.25) is 14.4 Å². The molecule has 3 aromatic carbocycles. The summed E-state index contributed by atoms with van der Waals surface area (Å²) < 4.78 is 2.56. The van der Waals surface area contributed by atoms with Crippen molar-refractivity contribution in [2.45, 2.75) is 93.9 Å². The third-order valence-corrected chi connectivity index (χ3v) is 10.3. The van der Waals surface area contributed by atoms with E-state index in [9.17, 15) is 14.4 Å². The molecular formula is C48H56N18O3. The maximum atomic E-state index is 11.9. The molecular weight excluding hydrogens is 877 g/mol. The number of hydrogen-bond donors (Lipinski definition) is 5. The van der Waals surface area contributed by atoms with Gasteiger partial charge in [-0.05, 0) is 93.6 Å². The van der Waals surface area contributed by atoms with Gasteiger partial charge >= 0.3 is 0 Å². The summed E-state index contributed by atoms with van der Waals surface area (Å²) in [6, 6.07) is 19.8. The quantitative estimate of drug-likeness (QED) is 0.0387. The molecule has 0 radical (unpaired) electrons. The lowest BCUT2D eigenvalue weighted by atomic mass is 9.88. The molecule has 0 saturated carbocycles. The van der Waals surface area contributed by atoms with Crippen LogP contribution in [0.2, 0.25) is 0 Å². The minimum atomic E-state index is -0.755.